The molecule has 0 saturated heterocycles. The Bertz CT molecular complexity index is 304. The number of aryl methyl sites for hydroxylation is 1. The molecule has 0 heterocycles. The molecule has 0 aliphatic carbocycles. The molecule has 0 aromatic heterocycles. The van der Waals surface area contributed by atoms with E-state index in [4.69, 9.17) is 5.11 Å². The molecule has 0 fully saturated rings. The van der Waals surface area contributed by atoms with E-state index in [1.54, 1.807) is 24.3 Å². The van der Waals surface area contributed by atoms with Gasteiger partial charge in [0.1, 0.15) is 6.17 Å². The number of aliphatic carboxylic acids is 1. The third kappa shape index (κ3) is 3.17. The molecule has 1 atom stereocenters. The third-order valence-electron chi connectivity index (χ3n) is 2.07. The number of hydrogen-bond donors (Lipinski definition) is 1. The van der Waals surface area contributed by atoms with Crippen molar-refractivity contribution in [3.63, 3.8) is 0 Å². The number of benzene rings is 1. The number of carboxylic acid groups (broad SMARTS) is 1. The summed E-state index contributed by atoms with van der Waals surface area (Å²) in [5.74, 6) is -0.812. The lowest BCUT2D eigenvalue weighted by Crippen LogP contribution is -1.97. The normalized spacial score (nSPS) is 12.4. The fraction of sp³-hybridized carbons (Fsp3) is 0.364. The number of rotatable bonds is 4. The molecule has 1 aromatic carbocycles. The predicted molar refractivity (Wildman–Crippen MR) is 51.9 cm³/mol. The average molecular weight is 196 g/mol. The maximum atomic E-state index is 12.8. The van der Waals surface area contributed by atoms with Crippen molar-refractivity contribution in [2.75, 3.05) is 0 Å². The average Bonchev–Trinajstić information content (AvgIpc) is 2.15. The van der Waals surface area contributed by atoms with Crippen LogP contribution < -0.4 is 0 Å². The highest BCUT2D eigenvalue weighted by molar-refractivity contribution is 5.67. The Labute approximate surface area is 82.4 Å². The lowest BCUT2D eigenvalue weighted by atomic mass is 10.1. The summed E-state index contributed by atoms with van der Waals surface area (Å²) in [6, 6.07) is 6.94. The Morgan fingerprint density at radius 1 is 1.43 bits per heavy atom. The molecule has 1 rings (SSSR count). The minimum absolute atomic E-state index is 0.116. The summed E-state index contributed by atoms with van der Waals surface area (Å²) in [6.45, 7) is 1.48. The number of hydrogen-bond acceptors (Lipinski definition) is 1. The Hall–Kier alpha value is -1.38. The van der Waals surface area contributed by atoms with Gasteiger partial charge in [0, 0.05) is 6.42 Å². The fourth-order valence-electron chi connectivity index (χ4n) is 1.20. The van der Waals surface area contributed by atoms with Crippen LogP contribution in [0.4, 0.5) is 4.39 Å². The minimum atomic E-state index is -0.969. The van der Waals surface area contributed by atoms with Gasteiger partial charge in [-0.15, -0.1) is 0 Å². The zero-order valence-corrected chi connectivity index (χ0v) is 8.03. The predicted octanol–water partition coefficient (Wildman–Crippen LogP) is 2.73. The van der Waals surface area contributed by atoms with Gasteiger partial charge in [-0.05, 0) is 24.5 Å². The molecule has 0 bridgehead atoms. The summed E-state index contributed by atoms with van der Waals surface area (Å²) < 4.78 is 12.8. The number of carboxylic acids is 1. The molecule has 76 valence electrons. The van der Waals surface area contributed by atoms with Crippen LogP contribution in [-0.2, 0) is 11.2 Å². The molecule has 0 spiro atoms. The monoisotopic (exact) mass is 196 g/mol. The van der Waals surface area contributed by atoms with Crippen molar-refractivity contribution in [3.8, 4) is 0 Å². The quantitative estimate of drug-likeness (QED) is 0.803. The van der Waals surface area contributed by atoms with Crippen molar-refractivity contribution in [2.24, 2.45) is 0 Å². The van der Waals surface area contributed by atoms with E-state index in [0.717, 1.165) is 5.56 Å². The molecule has 0 aliphatic heterocycles. The van der Waals surface area contributed by atoms with Gasteiger partial charge in [0.25, 0.3) is 0 Å². The van der Waals surface area contributed by atoms with Gasteiger partial charge in [0.15, 0.2) is 0 Å². The number of carbonyl (C=O) groups is 1. The number of halogens is 1. The van der Waals surface area contributed by atoms with Gasteiger partial charge < -0.3 is 5.11 Å². The summed E-state index contributed by atoms with van der Waals surface area (Å²) in [5, 5.41) is 8.46. The van der Waals surface area contributed by atoms with Gasteiger partial charge in [-0.3, -0.25) is 4.79 Å². The Kier molecular flexibility index (Phi) is 3.63. The van der Waals surface area contributed by atoms with Crippen molar-refractivity contribution >= 4 is 5.97 Å². The molecule has 0 amide bonds. The molecule has 14 heavy (non-hydrogen) atoms. The first-order valence-electron chi connectivity index (χ1n) is 4.54. The van der Waals surface area contributed by atoms with Crippen LogP contribution in [0.5, 0.6) is 0 Å². The van der Waals surface area contributed by atoms with Gasteiger partial charge >= 0.3 is 5.97 Å². The Balaban J connectivity index is 2.59. The molecule has 0 saturated carbocycles. The summed E-state index contributed by atoms with van der Waals surface area (Å²) >= 11 is 0. The van der Waals surface area contributed by atoms with E-state index < -0.39 is 12.1 Å². The first-order valence-corrected chi connectivity index (χ1v) is 4.54. The maximum absolute atomic E-state index is 12.8. The van der Waals surface area contributed by atoms with Crippen molar-refractivity contribution < 1.29 is 14.3 Å². The van der Waals surface area contributed by atoms with Gasteiger partial charge in [-0.2, -0.15) is 0 Å². The van der Waals surface area contributed by atoms with E-state index >= 15 is 0 Å². The van der Waals surface area contributed by atoms with Crippen molar-refractivity contribution in [1.82, 2.24) is 0 Å². The zero-order valence-electron chi connectivity index (χ0n) is 8.03. The maximum Gasteiger partial charge on any atom is 0.303 e. The van der Waals surface area contributed by atoms with Crippen LogP contribution in [0.3, 0.4) is 0 Å². The highest BCUT2D eigenvalue weighted by atomic mass is 19.1. The molecule has 0 aliphatic rings. The number of alkyl halides is 1. The highest BCUT2D eigenvalue weighted by Gasteiger charge is 2.03. The SMILES string of the molecule is CC(F)c1ccc(CCC(=O)O)cc1. The van der Waals surface area contributed by atoms with Crippen molar-refractivity contribution in [1.29, 1.82) is 0 Å². The molecule has 2 nitrogen and oxygen atoms in total. The second-order valence-electron chi connectivity index (χ2n) is 3.25. The molecular formula is C11H13FO2. The molecule has 1 aromatic rings. The molecular weight excluding hydrogens is 183 g/mol. The van der Waals surface area contributed by atoms with Crippen LogP contribution in [0.2, 0.25) is 0 Å². The Morgan fingerprint density at radius 3 is 2.43 bits per heavy atom. The van der Waals surface area contributed by atoms with Crippen LogP contribution in [0, 0.1) is 0 Å². The summed E-state index contributed by atoms with van der Waals surface area (Å²) in [4.78, 5) is 10.3. The van der Waals surface area contributed by atoms with Crippen LogP contribution in [0.1, 0.15) is 30.6 Å². The molecule has 1 unspecified atom stereocenters. The second-order valence-corrected chi connectivity index (χ2v) is 3.25. The second kappa shape index (κ2) is 4.74. The summed E-state index contributed by atoms with van der Waals surface area (Å²) in [7, 11) is 0. The largest absolute Gasteiger partial charge is 0.481 e. The smallest absolute Gasteiger partial charge is 0.303 e. The fourth-order valence-corrected chi connectivity index (χ4v) is 1.20. The topological polar surface area (TPSA) is 37.3 Å². The zero-order chi connectivity index (χ0) is 10.6. The van der Waals surface area contributed by atoms with Gasteiger partial charge in [0.2, 0.25) is 0 Å². The van der Waals surface area contributed by atoms with E-state index in [2.05, 4.69) is 0 Å². The minimum Gasteiger partial charge on any atom is -0.481 e. The van der Waals surface area contributed by atoms with Gasteiger partial charge in [0.05, 0.1) is 0 Å². The van der Waals surface area contributed by atoms with Crippen LogP contribution in [0.15, 0.2) is 24.3 Å². The van der Waals surface area contributed by atoms with E-state index in [0.29, 0.717) is 12.0 Å². The molecule has 0 radical (unpaired) electrons. The van der Waals surface area contributed by atoms with E-state index in [-0.39, 0.29) is 6.42 Å². The summed E-state index contributed by atoms with van der Waals surface area (Å²) in [5.41, 5.74) is 1.56. The van der Waals surface area contributed by atoms with Crippen LogP contribution in [-0.4, -0.2) is 11.1 Å². The standard InChI is InChI=1S/C11H13FO2/c1-8(12)10-5-2-9(3-6-10)4-7-11(13)14/h2-3,5-6,8H,4,7H2,1H3,(H,13,14). The van der Waals surface area contributed by atoms with Gasteiger partial charge in [-0.25, -0.2) is 4.39 Å². The lowest BCUT2D eigenvalue weighted by Gasteiger charge is -2.03. The first-order chi connectivity index (χ1) is 6.59. The van der Waals surface area contributed by atoms with E-state index in [1.165, 1.54) is 6.92 Å². The molecule has 1 N–H and O–H groups in total. The van der Waals surface area contributed by atoms with E-state index in [1.807, 2.05) is 0 Å². The highest BCUT2D eigenvalue weighted by Crippen LogP contribution is 2.17. The first kappa shape index (κ1) is 10.7. The Morgan fingerprint density at radius 2 is 2.00 bits per heavy atom. The lowest BCUT2D eigenvalue weighted by molar-refractivity contribution is -0.136. The van der Waals surface area contributed by atoms with Crippen molar-refractivity contribution in [3.05, 3.63) is 35.4 Å². The van der Waals surface area contributed by atoms with Gasteiger partial charge in [-0.1, -0.05) is 24.3 Å². The van der Waals surface area contributed by atoms with Crippen LogP contribution >= 0.6 is 0 Å². The summed E-state index contributed by atoms with van der Waals surface area (Å²) in [6.07, 6.45) is -0.357. The molecule has 3 heteroatoms. The van der Waals surface area contributed by atoms with E-state index in [9.17, 15) is 9.18 Å². The van der Waals surface area contributed by atoms with Crippen molar-refractivity contribution in [2.45, 2.75) is 25.9 Å². The third-order valence-corrected chi connectivity index (χ3v) is 2.07. The van der Waals surface area contributed by atoms with Crippen LogP contribution in [0.25, 0.3) is 0 Å².